The molecule has 1 amide bonds. The minimum absolute atomic E-state index is 0.123. The molecule has 0 saturated carbocycles. The summed E-state index contributed by atoms with van der Waals surface area (Å²) in [5.41, 5.74) is 4.79. The van der Waals surface area contributed by atoms with E-state index < -0.39 is 0 Å². The number of rotatable bonds is 7. The number of hydrazone groups is 1. The van der Waals surface area contributed by atoms with Gasteiger partial charge in [0.05, 0.1) is 12.6 Å². The zero-order chi connectivity index (χ0) is 20.6. The molecule has 1 N–H and O–H groups in total. The quantitative estimate of drug-likeness (QED) is 0.402. The van der Waals surface area contributed by atoms with Crippen molar-refractivity contribution < 1.29 is 13.9 Å². The van der Waals surface area contributed by atoms with Gasteiger partial charge in [0.1, 0.15) is 18.2 Å². The van der Waals surface area contributed by atoms with Crippen molar-refractivity contribution in [3.05, 3.63) is 99.3 Å². The molecule has 0 aromatic heterocycles. The van der Waals surface area contributed by atoms with Gasteiger partial charge < -0.3 is 4.74 Å². The van der Waals surface area contributed by atoms with Gasteiger partial charge in [0.2, 0.25) is 5.91 Å². The Kier molecular flexibility index (Phi) is 7.22. The molecule has 0 aliphatic heterocycles. The van der Waals surface area contributed by atoms with Crippen molar-refractivity contribution in [1.29, 1.82) is 0 Å². The lowest BCUT2D eigenvalue weighted by Crippen LogP contribution is -2.19. The number of carbonyl (C=O) groups excluding carboxylic acids is 1. The Hall–Kier alpha value is -2.89. The van der Waals surface area contributed by atoms with Crippen molar-refractivity contribution in [2.24, 2.45) is 5.10 Å². The number of halogens is 3. The summed E-state index contributed by atoms with van der Waals surface area (Å²) in [6, 6.07) is 18.2. The van der Waals surface area contributed by atoms with Crippen LogP contribution in [0.15, 0.2) is 71.8 Å². The molecule has 0 spiro atoms. The first kappa shape index (κ1) is 20.8. The highest BCUT2D eigenvalue weighted by atomic mass is 35.5. The van der Waals surface area contributed by atoms with Crippen LogP contribution in [0.4, 0.5) is 4.39 Å². The van der Waals surface area contributed by atoms with Gasteiger partial charge in [-0.25, -0.2) is 9.82 Å². The minimum Gasteiger partial charge on any atom is -0.489 e. The van der Waals surface area contributed by atoms with Crippen LogP contribution in [0.5, 0.6) is 5.75 Å². The molecule has 0 aliphatic carbocycles. The van der Waals surface area contributed by atoms with Gasteiger partial charge in [-0.1, -0.05) is 41.4 Å². The first-order chi connectivity index (χ1) is 14.0. The maximum Gasteiger partial charge on any atom is 0.244 e. The molecule has 29 heavy (non-hydrogen) atoms. The van der Waals surface area contributed by atoms with Gasteiger partial charge in [-0.3, -0.25) is 4.79 Å². The molecule has 3 rings (SSSR count). The molecule has 0 aliphatic rings. The zero-order valence-electron chi connectivity index (χ0n) is 15.2. The predicted octanol–water partition coefficient (Wildman–Crippen LogP) is 5.40. The summed E-state index contributed by atoms with van der Waals surface area (Å²) in [7, 11) is 0. The van der Waals surface area contributed by atoms with Crippen LogP contribution in [-0.4, -0.2) is 12.1 Å². The fourth-order valence-electron chi connectivity index (χ4n) is 2.46. The van der Waals surface area contributed by atoms with Crippen molar-refractivity contribution >= 4 is 35.3 Å². The van der Waals surface area contributed by atoms with Gasteiger partial charge >= 0.3 is 0 Å². The summed E-state index contributed by atoms with van der Waals surface area (Å²) < 4.78 is 18.6. The van der Waals surface area contributed by atoms with Crippen LogP contribution in [0.2, 0.25) is 10.0 Å². The molecule has 148 valence electrons. The number of benzene rings is 3. The summed E-state index contributed by atoms with van der Waals surface area (Å²) >= 11 is 12.0. The van der Waals surface area contributed by atoms with Crippen molar-refractivity contribution in [3.8, 4) is 5.75 Å². The highest BCUT2D eigenvalue weighted by molar-refractivity contribution is 6.35. The molecule has 0 saturated heterocycles. The largest absolute Gasteiger partial charge is 0.489 e. The number of nitrogens with one attached hydrogen (secondary N) is 1. The van der Waals surface area contributed by atoms with Crippen molar-refractivity contribution in [2.45, 2.75) is 13.0 Å². The number of hydrogen-bond donors (Lipinski definition) is 1. The summed E-state index contributed by atoms with van der Waals surface area (Å²) in [5, 5.41) is 5.06. The van der Waals surface area contributed by atoms with E-state index in [2.05, 4.69) is 10.5 Å². The van der Waals surface area contributed by atoms with Crippen LogP contribution in [0.1, 0.15) is 16.7 Å². The highest BCUT2D eigenvalue weighted by Gasteiger charge is 2.04. The maximum atomic E-state index is 12.9. The van der Waals surface area contributed by atoms with E-state index in [4.69, 9.17) is 27.9 Å². The van der Waals surface area contributed by atoms with E-state index in [1.807, 2.05) is 18.2 Å². The van der Waals surface area contributed by atoms with E-state index in [-0.39, 0.29) is 18.1 Å². The first-order valence-electron chi connectivity index (χ1n) is 8.73. The molecule has 7 heteroatoms. The Morgan fingerprint density at radius 3 is 2.45 bits per heavy atom. The number of carbonyl (C=O) groups is 1. The number of amides is 1. The average Bonchev–Trinajstić information content (AvgIpc) is 2.70. The number of hydrogen-bond acceptors (Lipinski definition) is 3. The van der Waals surface area contributed by atoms with Crippen LogP contribution in [0.25, 0.3) is 0 Å². The second-order valence-electron chi connectivity index (χ2n) is 6.19. The van der Waals surface area contributed by atoms with E-state index in [0.29, 0.717) is 28.0 Å². The monoisotopic (exact) mass is 430 g/mol. The second kappa shape index (κ2) is 10.0. The smallest absolute Gasteiger partial charge is 0.244 e. The van der Waals surface area contributed by atoms with Crippen molar-refractivity contribution in [3.63, 3.8) is 0 Å². The fourth-order valence-corrected chi connectivity index (χ4v) is 2.92. The van der Waals surface area contributed by atoms with Gasteiger partial charge in [0.25, 0.3) is 0 Å². The third kappa shape index (κ3) is 6.59. The lowest BCUT2D eigenvalue weighted by atomic mass is 10.1. The topological polar surface area (TPSA) is 50.7 Å². The molecule has 0 heterocycles. The summed E-state index contributed by atoms with van der Waals surface area (Å²) in [6.45, 7) is 0.322. The van der Waals surface area contributed by atoms with Crippen molar-refractivity contribution in [1.82, 2.24) is 5.43 Å². The molecule has 4 nitrogen and oxygen atoms in total. The molecule has 0 fully saturated rings. The zero-order valence-corrected chi connectivity index (χ0v) is 16.8. The Bertz CT molecular complexity index is 1010. The van der Waals surface area contributed by atoms with Gasteiger partial charge in [0.15, 0.2) is 0 Å². The van der Waals surface area contributed by atoms with Crippen LogP contribution in [0.3, 0.4) is 0 Å². The summed E-state index contributed by atoms with van der Waals surface area (Å²) in [6.07, 6.45) is 1.65. The summed E-state index contributed by atoms with van der Waals surface area (Å²) in [4.78, 5) is 11.9. The molecular weight excluding hydrogens is 414 g/mol. The first-order valence-corrected chi connectivity index (χ1v) is 9.48. The average molecular weight is 431 g/mol. The lowest BCUT2D eigenvalue weighted by molar-refractivity contribution is -0.120. The van der Waals surface area contributed by atoms with Crippen LogP contribution in [-0.2, 0) is 17.8 Å². The van der Waals surface area contributed by atoms with Gasteiger partial charge in [-0.05, 0) is 59.7 Å². The number of ether oxygens (including phenoxy) is 1. The molecule has 3 aromatic rings. The second-order valence-corrected chi connectivity index (χ2v) is 7.03. The summed E-state index contributed by atoms with van der Waals surface area (Å²) in [5.74, 6) is 0.0528. The van der Waals surface area contributed by atoms with Crippen LogP contribution < -0.4 is 10.2 Å². The number of nitrogens with zero attached hydrogens (tertiary/aromatic N) is 1. The minimum atomic E-state index is -0.337. The van der Waals surface area contributed by atoms with E-state index in [9.17, 15) is 9.18 Å². The predicted molar refractivity (Wildman–Crippen MR) is 113 cm³/mol. The molecule has 0 bridgehead atoms. The molecule has 0 unspecified atom stereocenters. The Labute approximate surface area is 177 Å². The lowest BCUT2D eigenvalue weighted by Gasteiger charge is -2.08. The Morgan fingerprint density at radius 2 is 1.76 bits per heavy atom. The molecular formula is C22H17Cl2FN2O2. The van der Waals surface area contributed by atoms with Crippen molar-refractivity contribution in [2.75, 3.05) is 0 Å². The third-order valence-electron chi connectivity index (χ3n) is 3.97. The Morgan fingerprint density at radius 1 is 1.03 bits per heavy atom. The highest BCUT2D eigenvalue weighted by Crippen LogP contribution is 2.22. The van der Waals surface area contributed by atoms with Crippen LogP contribution in [0, 0.1) is 5.82 Å². The van der Waals surface area contributed by atoms with E-state index >= 15 is 0 Å². The van der Waals surface area contributed by atoms with E-state index in [1.54, 1.807) is 36.4 Å². The fraction of sp³-hybridized carbons (Fsp3) is 0.0909. The van der Waals surface area contributed by atoms with Gasteiger partial charge in [0, 0.05) is 15.6 Å². The molecule has 3 aromatic carbocycles. The SMILES string of the molecule is O=C(Cc1ccc(F)cc1)N/N=C/c1ccc(OCc2ccc(Cl)cc2Cl)cc1. The van der Waals surface area contributed by atoms with E-state index in [1.165, 1.54) is 18.3 Å². The molecule has 0 atom stereocenters. The maximum absolute atomic E-state index is 12.9. The Balaban J connectivity index is 1.48. The standard InChI is InChI=1S/C22H17Cl2FN2O2/c23-18-6-5-17(21(24)12-18)14-29-20-9-3-16(4-10-20)13-26-27-22(28)11-15-1-7-19(25)8-2-15/h1-10,12-13H,11,14H2,(H,27,28)/b26-13+. The van der Waals surface area contributed by atoms with Gasteiger partial charge in [-0.15, -0.1) is 0 Å². The van der Waals surface area contributed by atoms with E-state index in [0.717, 1.165) is 11.1 Å². The third-order valence-corrected chi connectivity index (χ3v) is 4.56. The molecule has 0 radical (unpaired) electrons. The normalized spacial score (nSPS) is 10.9. The van der Waals surface area contributed by atoms with Crippen LogP contribution >= 0.6 is 23.2 Å². The van der Waals surface area contributed by atoms with Gasteiger partial charge in [-0.2, -0.15) is 5.10 Å².